The Morgan fingerprint density at radius 2 is 1.82 bits per heavy atom. The number of nitrogens with zero attached hydrogens (tertiary/aromatic N) is 1. The Morgan fingerprint density at radius 1 is 1.18 bits per heavy atom. The molecule has 100 valence electrons. The minimum absolute atomic E-state index is 0.134. The van der Waals surface area contributed by atoms with Crippen molar-refractivity contribution in [1.29, 1.82) is 0 Å². The molecule has 2 N–H and O–H groups in total. The van der Waals surface area contributed by atoms with Crippen molar-refractivity contribution < 1.29 is 5.11 Å². The topological polar surface area (TPSA) is 35.5 Å². The van der Waals surface area contributed by atoms with E-state index in [-0.39, 0.29) is 6.10 Å². The van der Waals surface area contributed by atoms with Gasteiger partial charge in [0.25, 0.3) is 0 Å². The molecule has 1 saturated carbocycles. The van der Waals surface area contributed by atoms with E-state index < -0.39 is 0 Å². The van der Waals surface area contributed by atoms with Gasteiger partial charge >= 0.3 is 0 Å². The van der Waals surface area contributed by atoms with Crippen LogP contribution in [0.2, 0.25) is 0 Å². The van der Waals surface area contributed by atoms with Crippen molar-refractivity contribution in [2.75, 3.05) is 19.6 Å². The average molecular weight is 240 g/mol. The van der Waals surface area contributed by atoms with Gasteiger partial charge in [0.1, 0.15) is 0 Å². The predicted molar refractivity (Wildman–Crippen MR) is 71.1 cm³/mol. The summed E-state index contributed by atoms with van der Waals surface area (Å²) in [4.78, 5) is 2.52. The minimum atomic E-state index is -0.134. The van der Waals surface area contributed by atoms with Crippen LogP contribution in [0.5, 0.6) is 0 Å². The standard InChI is InChI=1S/C14H28N2O/c1-11(2)16-8-6-12(7-9-16)14(17)10-15-13-4-3-5-13/h11-15,17H,3-10H2,1-2H3. The maximum Gasteiger partial charge on any atom is 0.0693 e. The van der Waals surface area contributed by atoms with E-state index in [1.165, 1.54) is 19.3 Å². The second-order valence-electron chi connectivity index (χ2n) is 6.07. The van der Waals surface area contributed by atoms with E-state index in [1.807, 2.05) is 0 Å². The largest absolute Gasteiger partial charge is 0.392 e. The zero-order valence-corrected chi connectivity index (χ0v) is 11.4. The van der Waals surface area contributed by atoms with Crippen LogP contribution in [0.15, 0.2) is 0 Å². The molecule has 1 saturated heterocycles. The quantitative estimate of drug-likeness (QED) is 0.766. The summed E-state index contributed by atoms with van der Waals surface area (Å²) in [6.45, 7) is 7.63. The van der Waals surface area contributed by atoms with Crippen LogP contribution < -0.4 is 5.32 Å². The summed E-state index contributed by atoms with van der Waals surface area (Å²) in [6, 6.07) is 1.35. The molecule has 0 aromatic heterocycles. The number of rotatable bonds is 5. The average Bonchev–Trinajstić information content (AvgIpc) is 2.27. The Balaban J connectivity index is 1.64. The molecule has 0 aromatic rings. The fraction of sp³-hybridized carbons (Fsp3) is 1.00. The smallest absolute Gasteiger partial charge is 0.0693 e. The molecule has 0 radical (unpaired) electrons. The van der Waals surface area contributed by atoms with Crippen molar-refractivity contribution in [1.82, 2.24) is 10.2 Å². The number of likely N-dealkylation sites (tertiary alicyclic amines) is 1. The molecule has 1 aliphatic carbocycles. The van der Waals surface area contributed by atoms with Crippen molar-refractivity contribution in [3.8, 4) is 0 Å². The fourth-order valence-corrected chi connectivity index (χ4v) is 2.89. The molecule has 17 heavy (non-hydrogen) atoms. The van der Waals surface area contributed by atoms with Gasteiger partial charge in [-0.25, -0.2) is 0 Å². The number of aliphatic hydroxyl groups excluding tert-OH is 1. The molecule has 0 spiro atoms. The van der Waals surface area contributed by atoms with Crippen molar-refractivity contribution >= 4 is 0 Å². The second kappa shape index (κ2) is 6.17. The summed E-state index contributed by atoms with van der Waals surface area (Å²) in [5, 5.41) is 13.7. The maximum absolute atomic E-state index is 10.2. The molecule has 3 heteroatoms. The number of hydrogen-bond donors (Lipinski definition) is 2. The van der Waals surface area contributed by atoms with Gasteiger partial charge < -0.3 is 15.3 Å². The number of nitrogens with one attached hydrogen (secondary N) is 1. The van der Waals surface area contributed by atoms with Crippen molar-refractivity contribution in [3.05, 3.63) is 0 Å². The van der Waals surface area contributed by atoms with Gasteiger partial charge in [0.2, 0.25) is 0 Å². The first-order valence-electron chi connectivity index (χ1n) is 7.32. The third-order valence-corrected chi connectivity index (χ3v) is 4.57. The van der Waals surface area contributed by atoms with Gasteiger partial charge in [0.05, 0.1) is 6.10 Å². The van der Waals surface area contributed by atoms with E-state index in [4.69, 9.17) is 0 Å². The molecule has 0 amide bonds. The summed E-state index contributed by atoms with van der Waals surface area (Å²) >= 11 is 0. The van der Waals surface area contributed by atoms with E-state index in [0.29, 0.717) is 18.0 Å². The molecule has 1 atom stereocenters. The highest BCUT2D eigenvalue weighted by Gasteiger charge is 2.27. The Labute approximate surface area is 106 Å². The van der Waals surface area contributed by atoms with Crippen molar-refractivity contribution in [3.63, 3.8) is 0 Å². The Hall–Kier alpha value is -0.120. The molecule has 1 heterocycles. The van der Waals surface area contributed by atoms with E-state index in [2.05, 4.69) is 24.1 Å². The molecule has 3 nitrogen and oxygen atoms in total. The highest BCUT2D eigenvalue weighted by Crippen LogP contribution is 2.23. The van der Waals surface area contributed by atoms with Crippen LogP contribution in [-0.4, -0.2) is 47.8 Å². The molecular weight excluding hydrogens is 212 g/mol. The first-order valence-corrected chi connectivity index (χ1v) is 7.32. The summed E-state index contributed by atoms with van der Waals surface area (Å²) < 4.78 is 0. The highest BCUT2D eigenvalue weighted by atomic mass is 16.3. The summed E-state index contributed by atoms with van der Waals surface area (Å²) in [5.41, 5.74) is 0. The number of aliphatic hydroxyl groups is 1. The number of piperidine rings is 1. The van der Waals surface area contributed by atoms with Crippen molar-refractivity contribution in [2.45, 2.75) is 64.1 Å². The lowest BCUT2D eigenvalue weighted by atomic mass is 9.89. The maximum atomic E-state index is 10.2. The van der Waals surface area contributed by atoms with Crippen LogP contribution in [0.1, 0.15) is 46.0 Å². The molecule has 2 rings (SSSR count). The molecule has 0 aromatic carbocycles. The first kappa shape index (κ1) is 13.3. The molecule has 1 aliphatic heterocycles. The van der Waals surface area contributed by atoms with Crippen LogP contribution in [-0.2, 0) is 0 Å². The normalized spacial score (nSPS) is 26.1. The Kier molecular flexibility index (Phi) is 4.83. The van der Waals surface area contributed by atoms with E-state index in [0.717, 1.165) is 32.5 Å². The lowest BCUT2D eigenvalue weighted by molar-refractivity contribution is 0.0470. The zero-order valence-electron chi connectivity index (χ0n) is 11.4. The summed E-state index contributed by atoms with van der Waals surface area (Å²) in [5.74, 6) is 0.512. The summed E-state index contributed by atoms with van der Waals surface area (Å²) in [7, 11) is 0. The van der Waals surface area contributed by atoms with Gasteiger partial charge in [0, 0.05) is 18.6 Å². The van der Waals surface area contributed by atoms with Gasteiger partial charge in [-0.15, -0.1) is 0 Å². The van der Waals surface area contributed by atoms with Crippen LogP contribution in [0.25, 0.3) is 0 Å². The lowest BCUT2D eigenvalue weighted by Crippen LogP contribution is -2.46. The monoisotopic (exact) mass is 240 g/mol. The molecule has 0 bridgehead atoms. The lowest BCUT2D eigenvalue weighted by Gasteiger charge is -2.37. The van der Waals surface area contributed by atoms with E-state index >= 15 is 0 Å². The SMILES string of the molecule is CC(C)N1CCC(C(O)CNC2CCC2)CC1. The van der Waals surface area contributed by atoms with Crippen LogP contribution in [0.3, 0.4) is 0 Å². The highest BCUT2D eigenvalue weighted by molar-refractivity contribution is 4.83. The third-order valence-electron chi connectivity index (χ3n) is 4.57. The number of hydrogen-bond acceptors (Lipinski definition) is 3. The molecule has 2 aliphatic rings. The van der Waals surface area contributed by atoms with Gasteiger partial charge in [-0.05, 0) is 58.5 Å². The predicted octanol–water partition coefficient (Wildman–Crippen LogP) is 1.61. The zero-order chi connectivity index (χ0) is 12.3. The van der Waals surface area contributed by atoms with Gasteiger partial charge in [0.15, 0.2) is 0 Å². The third kappa shape index (κ3) is 3.67. The van der Waals surface area contributed by atoms with Gasteiger partial charge in [-0.2, -0.15) is 0 Å². The summed E-state index contributed by atoms with van der Waals surface area (Å²) in [6.07, 6.45) is 6.15. The van der Waals surface area contributed by atoms with Crippen molar-refractivity contribution in [2.24, 2.45) is 5.92 Å². The van der Waals surface area contributed by atoms with Gasteiger partial charge in [-0.3, -0.25) is 0 Å². The van der Waals surface area contributed by atoms with Crippen LogP contribution in [0.4, 0.5) is 0 Å². The second-order valence-corrected chi connectivity index (χ2v) is 6.07. The van der Waals surface area contributed by atoms with E-state index in [9.17, 15) is 5.11 Å². The Bertz CT molecular complexity index is 220. The minimum Gasteiger partial charge on any atom is -0.392 e. The molecular formula is C14H28N2O. The van der Waals surface area contributed by atoms with Crippen LogP contribution >= 0.6 is 0 Å². The van der Waals surface area contributed by atoms with Crippen LogP contribution in [0, 0.1) is 5.92 Å². The fourth-order valence-electron chi connectivity index (χ4n) is 2.89. The first-order chi connectivity index (χ1) is 8.16. The van der Waals surface area contributed by atoms with E-state index in [1.54, 1.807) is 0 Å². The molecule has 1 unspecified atom stereocenters. The molecule has 2 fully saturated rings. The Morgan fingerprint density at radius 3 is 2.29 bits per heavy atom. The van der Waals surface area contributed by atoms with Gasteiger partial charge in [-0.1, -0.05) is 6.42 Å².